The Bertz CT molecular complexity index is 648. The molecule has 0 bridgehead atoms. The van der Waals surface area contributed by atoms with Gasteiger partial charge in [-0.05, 0) is 19.1 Å². The molecule has 1 atom stereocenters. The Morgan fingerprint density at radius 1 is 1.50 bits per heavy atom. The monoisotopic (exact) mass is 318 g/mol. The van der Waals surface area contributed by atoms with Crippen molar-refractivity contribution in [3.05, 3.63) is 45.9 Å². The Morgan fingerprint density at radius 3 is 3.09 bits per heavy atom. The summed E-state index contributed by atoms with van der Waals surface area (Å²) in [6.07, 6.45) is 2.77. The molecule has 1 aliphatic heterocycles. The molecule has 2 aromatic heterocycles. The highest BCUT2D eigenvalue weighted by atomic mass is 32.1. The van der Waals surface area contributed by atoms with Gasteiger partial charge in [-0.3, -0.25) is 9.58 Å². The molecular formula is C16H22N4OS. The van der Waals surface area contributed by atoms with Crippen LogP contribution in [0.15, 0.2) is 24.8 Å². The molecule has 0 radical (unpaired) electrons. The summed E-state index contributed by atoms with van der Waals surface area (Å²) in [7, 11) is 1.96. The topological polar surface area (TPSA) is 43.2 Å². The van der Waals surface area contributed by atoms with Gasteiger partial charge in [-0.25, -0.2) is 0 Å². The number of ether oxygens (including phenoxy) is 1. The predicted octanol–water partition coefficient (Wildman–Crippen LogP) is 2.49. The van der Waals surface area contributed by atoms with Crippen LogP contribution in [0.4, 0.5) is 0 Å². The van der Waals surface area contributed by atoms with Gasteiger partial charge in [-0.2, -0.15) is 0 Å². The largest absolute Gasteiger partial charge is 0.375 e. The summed E-state index contributed by atoms with van der Waals surface area (Å²) < 4.78 is 7.62. The molecule has 5 nitrogen and oxygen atoms in total. The van der Waals surface area contributed by atoms with E-state index in [2.05, 4.69) is 40.8 Å². The number of nitrogens with zero attached hydrogens (tertiary/aromatic N) is 4. The molecule has 22 heavy (non-hydrogen) atoms. The fourth-order valence-corrected chi connectivity index (χ4v) is 3.84. The Labute approximate surface area is 135 Å². The number of hydrogen-bond donors (Lipinski definition) is 0. The fraction of sp³-hybridized carbons (Fsp3) is 0.500. The number of hydrogen-bond acceptors (Lipinski definition) is 5. The van der Waals surface area contributed by atoms with Gasteiger partial charge in [0.05, 0.1) is 24.9 Å². The van der Waals surface area contributed by atoms with Crippen molar-refractivity contribution in [1.82, 2.24) is 19.9 Å². The van der Waals surface area contributed by atoms with E-state index in [1.54, 1.807) is 6.08 Å². The smallest absolute Gasteiger partial charge is 0.105 e. The van der Waals surface area contributed by atoms with E-state index in [9.17, 15) is 0 Å². The minimum Gasteiger partial charge on any atom is -0.375 e. The summed E-state index contributed by atoms with van der Waals surface area (Å²) in [4.78, 5) is 5.19. The van der Waals surface area contributed by atoms with Gasteiger partial charge in [0.2, 0.25) is 0 Å². The van der Waals surface area contributed by atoms with Crippen molar-refractivity contribution >= 4 is 11.3 Å². The molecule has 0 N–H and O–H groups in total. The molecule has 6 heteroatoms. The number of rotatable bonds is 6. The molecule has 0 amide bonds. The zero-order valence-corrected chi connectivity index (χ0v) is 14.0. The second-order valence-electron chi connectivity index (χ2n) is 5.62. The summed E-state index contributed by atoms with van der Waals surface area (Å²) in [5.41, 5.74) is 2.29. The second-order valence-corrected chi connectivity index (χ2v) is 6.99. The molecule has 118 valence electrons. The van der Waals surface area contributed by atoms with E-state index in [4.69, 9.17) is 4.74 Å². The lowest BCUT2D eigenvalue weighted by Crippen LogP contribution is -2.37. The van der Waals surface area contributed by atoms with Crippen molar-refractivity contribution in [3.63, 3.8) is 0 Å². The van der Waals surface area contributed by atoms with Crippen LogP contribution >= 0.6 is 11.3 Å². The third-order valence-corrected chi connectivity index (χ3v) is 5.02. The molecule has 0 saturated heterocycles. The third kappa shape index (κ3) is 3.14. The van der Waals surface area contributed by atoms with Crippen LogP contribution in [-0.4, -0.2) is 39.7 Å². The first-order chi connectivity index (χ1) is 10.7. The lowest BCUT2D eigenvalue weighted by Gasteiger charge is -2.34. The zero-order valence-electron chi connectivity index (χ0n) is 13.2. The van der Waals surface area contributed by atoms with Crippen LogP contribution in [0.5, 0.6) is 0 Å². The first kappa shape index (κ1) is 15.4. The zero-order chi connectivity index (χ0) is 15.5. The average Bonchev–Trinajstić information content (AvgIpc) is 3.08. The second kappa shape index (κ2) is 6.73. The summed E-state index contributed by atoms with van der Waals surface area (Å²) in [5, 5.41) is 8.57. The Hall–Kier alpha value is -1.50. The molecule has 0 aromatic carbocycles. The maximum absolute atomic E-state index is 5.73. The first-order valence-electron chi connectivity index (χ1n) is 7.55. The van der Waals surface area contributed by atoms with Crippen LogP contribution in [0.1, 0.15) is 27.2 Å². The van der Waals surface area contributed by atoms with Gasteiger partial charge in [-0.15, -0.1) is 23.0 Å². The van der Waals surface area contributed by atoms with Gasteiger partial charge in [0.1, 0.15) is 5.69 Å². The van der Waals surface area contributed by atoms with E-state index < -0.39 is 0 Å². The van der Waals surface area contributed by atoms with Gasteiger partial charge in [0.25, 0.3) is 0 Å². The highest BCUT2D eigenvalue weighted by molar-refractivity contribution is 7.11. The summed E-state index contributed by atoms with van der Waals surface area (Å²) in [6.45, 7) is 9.00. The maximum Gasteiger partial charge on any atom is 0.105 e. The van der Waals surface area contributed by atoms with Crippen LogP contribution in [-0.2, 0) is 24.8 Å². The van der Waals surface area contributed by atoms with Gasteiger partial charge in [-0.1, -0.05) is 11.3 Å². The van der Waals surface area contributed by atoms with Crippen LogP contribution < -0.4 is 0 Å². The molecular weight excluding hydrogens is 296 g/mol. The number of aromatic nitrogens is 3. The lowest BCUT2D eigenvalue weighted by molar-refractivity contribution is 0.0605. The van der Waals surface area contributed by atoms with E-state index in [0.29, 0.717) is 13.2 Å². The average molecular weight is 318 g/mol. The first-order valence-corrected chi connectivity index (χ1v) is 8.37. The third-order valence-electron chi connectivity index (χ3n) is 4.03. The Balaban J connectivity index is 1.80. The number of fused-ring (bicyclic) bond motifs is 1. The van der Waals surface area contributed by atoms with E-state index >= 15 is 0 Å². The molecule has 0 unspecified atom stereocenters. The molecule has 0 saturated carbocycles. The molecule has 0 aliphatic carbocycles. The van der Waals surface area contributed by atoms with Crippen LogP contribution in [0.3, 0.4) is 0 Å². The summed E-state index contributed by atoms with van der Waals surface area (Å²) in [5.74, 6) is 0. The van der Waals surface area contributed by atoms with Crippen molar-refractivity contribution in [2.24, 2.45) is 7.05 Å². The SMILES string of the molecule is C=CCOC[C@H]1c2nnn(C)c2CCN1Cc1ccc(C)s1. The van der Waals surface area contributed by atoms with Crippen molar-refractivity contribution in [3.8, 4) is 0 Å². The Kier molecular flexibility index (Phi) is 4.71. The van der Waals surface area contributed by atoms with Crippen molar-refractivity contribution < 1.29 is 4.74 Å². The van der Waals surface area contributed by atoms with Crippen molar-refractivity contribution in [2.45, 2.75) is 25.9 Å². The van der Waals surface area contributed by atoms with Crippen LogP contribution in [0, 0.1) is 6.92 Å². The standard InChI is InChI=1S/C16H22N4OS/c1-4-9-21-11-15-16-14(19(3)18-17-16)7-8-20(15)10-13-6-5-12(2)22-13/h4-6,15H,1,7-11H2,2-3H3/t15-/m0/s1. The quantitative estimate of drug-likeness (QED) is 0.606. The van der Waals surface area contributed by atoms with Gasteiger partial charge in [0.15, 0.2) is 0 Å². The van der Waals surface area contributed by atoms with E-state index in [-0.39, 0.29) is 6.04 Å². The maximum atomic E-state index is 5.73. The highest BCUT2D eigenvalue weighted by Gasteiger charge is 2.31. The van der Waals surface area contributed by atoms with Crippen molar-refractivity contribution in [2.75, 3.05) is 19.8 Å². The molecule has 2 aromatic rings. The van der Waals surface area contributed by atoms with Gasteiger partial charge < -0.3 is 4.74 Å². The number of thiophene rings is 1. The van der Waals surface area contributed by atoms with E-state index in [0.717, 1.165) is 25.2 Å². The van der Waals surface area contributed by atoms with E-state index in [1.165, 1.54) is 15.4 Å². The van der Waals surface area contributed by atoms with Crippen LogP contribution in [0.2, 0.25) is 0 Å². The highest BCUT2D eigenvalue weighted by Crippen LogP contribution is 2.30. The lowest BCUT2D eigenvalue weighted by atomic mass is 10.0. The minimum atomic E-state index is 0.166. The van der Waals surface area contributed by atoms with Crippen LogP contribution in [0.25, 0.3) is 0 Å². The summed E-state index contributed by atoms with van der Waals surface area (Å²) in [6, 6.07) is 4.56. The predicted molar refractivity (Wildman–Crippen MR) is 87.9 cm³/mol. The van der Waals surface area contributed by atoms with Crippen molar-refractivity contribution in [1.29, 1.82) is 0 Å². The molecule has 0 spiro atoms. The molecule has 3 heterocycles. The summed E-state index contributed by atoms with van der Waals surface area (Å²) >= 11 is 1.86. The normalized spacial score (nSPS) is 18.4. The molecule has 1 aliphatic rings. The van der Waals surface area contributed by atoms with Gasteiger partial charge >= 0.3 is 0 Å². The minimum absolute atomic E-state index is 0.166. The van der Waals surface area contributed by atoms with Gasteiger partial charge in [0, 0.05) is 36.3 Å². The Morgan fingerprint density at radius 2 is 2.36 bits per heavy atom. The van der Waals surface area contributed by atoms with E-state index in [1.807, 2.05) is 23.1 Å². The molecule has 0 fully saturated rings. The molecule has 3 rings (SSSR count). The fourth-order valence-electron chi connectivity index (χ4n) is 2.93. The number of aryl methyl sites for hydroxylation is 2.